The number of hydrogen-bond donors (Lipinski definition) is 2. The molecular formula is C12H15F2NO4S. The number of nitrogens with one attached hydrogen (secondary N) is 1. The average Bonchev–Trinajstić information content (AvgIpc) is 2.32. The summed E-state index contributed by atoms with van der Waals surface area (Å²) < 4.78 is 52.5. The first-order valence-electron chi connectivity index (χ1n) is 5.89. The molecule has 0 spiro atoms. The summed E-state index contributed by atoms with van der Waals surface area (Å²) >= 11 is 0. The van der Waals surface area contributed by atoms with Crippen LogP contribution in [0, 0.1) is 18.6 Å². The number of carboxylic acid groups (broad SMARTS) is 1. The quantitative estimate of drug-likeness (QED) is 0.839. The molecule has 0 aliphatic rings. The molecule has 0 heterocycles. The van der Waals surface area contributed by atoms with Gasteiger partial charge in [-0.15, -0.1) is 0 Å². The minimum atomic E-state index is -4.37. The third-order valence-electron chi connectivity index (χ3n) is 2.68. The Balaban J connectivity index is 3.17. The largest absolute Gasteiger partial charge is 0.480 e. The predicted octanol–water partition coefficient (Wildman–Crippen LogP) is 1.80. The van der Waals surface area contributed by atoms with Gasteiger partial charge >= 0.3 is 5.97 Å². The molecule has 0 saturated carbocycles. The first-order chi connectivity index (χ1) is 9.19. The Bertz CT molecular complexity index is 616. The monoisotopic (exact) mass is 307 g/mol. The molecule has 112 valence electrons. The van der Waals surface area contributed by atoms with Crippen LogP contribution in [0.1, 0.15) is 25.3 Å². The Morgan fingerprint density at radius 1 is 1.35 bits per heavy atom. The minimum Gasteiger partial charge on any atom is -0.480 e. The predicted molar refractivity (Wildman–Crippen MR) is 67.7 cm³/mol. The van der Waals surface area contributed by atoms with Crippen LogP contribution in [0.5, 0.6) is 0 Å². The van der Waals surface area contributed by atoms with Crippen molar-refractivity contribution in [1.82, 2.24) is 4.72 Å². The molecule has 0 saturated heterocycles. The number of benzene rings is 1. The fraction of sp³-hybridized carbons (Fsp3) is 0.417. The first kappa shape index (κ1) is 16.5. The van der Waals surface area contributed by atoms with Crippen LogP contribution < -0.4 is 4.72 Å². The zero-order valence-electron chi connectivity index (χ0n) is 11.0. The summed E-state index contributed by atoms with van der Waals surface area (Å²) in [5, 5.41) is 8.90. The average molecular weight is 307 g/mol. The van der Waals surface area contributed by atoms with E-state index in [2.05, 4.69) is 0 Å². The molecule has 1 aromatic rings. The Morgan fingerprint density at radius 3 is 2.45 bits per heavy atom. The molecule has 0 radical (unpaired) electrons. The Morgan fingerprint density at radius 2 is 1.95 bits per heavy atom. The van der Waals surface area contributed by atoms with E-state index in [1.165, 1.54) is 6.92 Å². The number of carbonyl (C=O) groups is 1. The molecule has 2 N–H and O–H groups in total. The summed E-state index contributed by atoms with van der Waals surface area (Å²) in [6.07, 6.45) is 0.501. The zero-order valence-corrected chi connectivity index (χ0v) is 11.8. The third kappa shape index (κ3) is 3.73. The second kappa shape index (κ2) is 6.27. The van der Waals surface area contributed by atoms with Crippen molar-refractivity contribution < 1.29 is 27.1 Å². The SMILES string of the molecule is CCCC(NS(=O)(=O)c1cc(C)c(F)cc1F)C(=O)O. The van der Waals surface area contributed by atoms with Gasteiger partial charge in [0, 0.05) is 6.07 Å². The van der Waals surface area contributed by atoms with Crippen LogP contribution in [0.4, 0.5) is 8.78 Å². The van der Waals surface area contributed by atoms with Gasteiger partial charge in [0.25, 0.3) is 0 Å². The van der Waals surface area contributed by atoms with Gasteiger partial charge in [0.15, 0.2) is 0 Å². The third-order valence-corrected chi connectivity index (χ3v) is 4.16. The number of aliphatic carboxylic acids is 1. The van der Waals surface area contributed by atoms with Crippen LogP contribution in [0.25, 0.3) is 0 Å². The van der Waals surface area contributed by atoms with E-state index in [4.69, 9.17) is 5.11 Å². The highest BCUT2D eigenvalue weighted by atomic mass is 32.2. The van der Waals surface area contributed by atoms with Crippen molar-refractivity contribution in [3.63, 3.8) is 0 Å². The van der Waals surface area contributed by atoms with Gasteiger partial charge < -0.3 is 5.11 Å². The fourth-order valence-corrected chi connectivity index (χ4v) is 2.98. The second-order valence-electron chi connectivity index (χ2n) is 4.33. The summed E-state index contributed by atoms with van der Waals surface area (Å²) in [7, 11) is -4.37. The van der Waals surface area contributed by atoms with E-state index < -0.39 is 38.6 Å². The van der Waals surface area contributed by atoms with Crippen molar-refractivity contribution in [2.45, 2.75) is 37.6 Å². The van der Waals surface area contributed by atoms with Crippen LogP contribution in [-0.2, 0) is 14.8 Å². The summed E-state index contributed by atoms with van der Waals surface area (Å²) in [6.45, 7) is 2.97. The van der Waals surface area contributed by atoms with E-state index >= 15 is 0 Å². The molecule has 1 rings (SSSR count). The number of carboxylic acids is 1. The lowest BCUT2D eigenvalue weighted by molar-refractivity contribution is -0.139. The molecule has 0 amide bonds. The number of sulfonamides is 1. The molecule has 20 heavy (non-hydrogen) atoms. The van der Waals surface area contributed by atoms with Crippen LogP contribution in [0.3, 0.4) is 0 Å². The molecule has 0 fully saturated rings. The summed E-state index contributed by atoms with van der Waals surface area (Å²) in [5.41, 5.74) is -0.0471. The van der Waals surface area contributed by atoms with E-state index in [9.17, 15) is 22.0 Å². The second-order valence-corrected chi connectivity index (χ2v) is 6.02. The standard InChI is InChI=1S/C12H15F2NO4S/c1-3-4-10(12(16)17)15-20(18,19)11-5-7(2)8(13)6-9(11)14/h5-6,10,15H,3-4H2,1-2H3,(H,16,17). The molecule has 1 atom stereocenters. The van der Waals surface area contributed by atoms with Gasteiger partial charge in [-0.1, -0.05) is 13.3 Å². The van der Waals surface area contributed by atoms with Crippen LogP contribution >= 0.6 is 0 Å². The van der Waals surface area contributed by atoms with Crippen molar-refractivity contribution in [1.29, 1.82) is 0 Å². The van der Waals surface area contributed by atoms with Crippen LogP contribution in [-0.4, -0.2) is 25.5 Å². The van der Waals surface area contributed by atoms with Gasteiger partial charge in [0.2, 0.25) is 10.0 Å². The van der Waals surface area contributed by atoms with Crippen molar-refractivity contribution >= 4 is 16.0 Å². The van der Waals surface area contributed by atoms with Gasteiger partial charge in [0.05, 0.1) is 0 Å². The van der Waals surface area contributed by atoms with Gasteiger partial charge in [-0.05, 0) is 25.0 Å². The molecule has 0 aliphatic heterocycles. The van der Waals surface area contributed by atoms with Gasteiger partial charge in [-0.2, -0.15) is 4.72 Å². The van der Waals surface area contributed by atoms with Gasteiger partial charge in [-0.3, -0.25) is 4.79 Å². The van der Waals surface area contributed by atoms with E-state index in [1.807, 2.05) is 4.72 Å². The summed E-state index contributed by atoms with van der Waals surface area (Å²) in [5.74, 6) is -3.49. The minimum absolute atomic E-state index is 0.0471. The van der Waals surface area contributed by atoms with Crippen molar-refractivity contribution in [3.05, 3.63) is 29.3 Å². The summed E-state index contributed by atoms with van der Waals surface area (Å²) in [4.78, 5) is 10.2. The maximum atomic E-state index is 13.6. The van der Waals surface area contributed by atoms with E-state index in [-0.39, 0.29) is 12.0 Å². The Hall–Kier alpha value is -1.54. The van der Waals surface area contributed by atoms with Crippen molar-refractivity contribution in [2.24, 2.45) is 0 Å². The lowest BCUT2D eigenvalue weighted by Crippen LogP contribution is -2.40. The lowest BCUT2D eigenvalue weighted by Gasteiger charge is -2.14. The highest BCUT2D eigenvalue weighted by molar-refractivity contribution is 7.89. The first-order valence-corrected chi connectivity index (χ1v) is 7.38. The molecule has 0 aliphatic carbocycles. The maximum absolute atomic E-state index is 13.6. The smallest absolute Gasteiger partial charge is 0.321 e. The zero-order chi connectivity index (χ0) is 15.5. The number of rotatable bonds is 6. The van der Waals surface area contributed by atoms with E-state index in [0.717, 1.165) is 6.07 Å². The molecule has 8 heteroatoms. The van der Waals surface area contributed by atoms with Gasteiger partial charge in [0.1, 0.15) is 22.6 Å². The molecular weight excluding hydrogens is 292 g/mol. The molecule has 5 nitrogen and oxygen atoms in total. The molecule has 1 aromatic carbocycles. The number of halogens is 2. The van der Waals surface area contributed by atoms with E-state index in [0.29, 0.717) is 12.5 Å². The molecule has 0 bridgehead atoms. The van der Waals surface area contributed by atoms with Gasteiger partial charge in [-0.25, -0.2) is 17.2 Å². The topological polar surface area (TPSA) is 83.5 Å². The lowest BCUT2D eigenvalue weighted by atomic mass is 10.2. The van der Waals surface area contributed by atoms with Crippen molar-refractivity contribution in [2.75, 3.05) is 0 Å². The molecule has 1 unspecified atom stereocenters. The number of aryl methyl sites for hydroxylation is 1. The highest BCUT2D eigenvalue weighted by Gasteiger charge is 2.27. The number of hydrogen-bond acceptors (Lipinski definition) is 3. The Kier molecular flexibility index (Phi) is 5.18. The highest BCUT2D eigenvalue weighted by Crippen LogP contribution is 2.19. The molecule has 0 aromatic heterocycles. The Labute approximate surface area is 115 Å². The normalized spacial score (nSPS) is 13.2. The summed E-state index contributed by atoms with van der Waals surface area (Å²) in [6, 6.07) is -0.0630. The maximum Gasteiger partial charge on any atom is 0.321 e. The van der Waals surface area contributed by atoms with E-state index in [1.54, 1.807) is 6.92 Å². The fourth-order valence-electron chi connectivity index (χ4n) is 1.61. The van der Waals surface area contributed by atoms with Crippen molar-refractivity contribution in [3.8, 4) is 0 Å². The van der Waals surface area contributed by atoms with Crippen LogP contribution in [0.15, 0.2) is 17.0 Å². The van der Waals surface area contributed by atoms with Crippen LogP contribution in [0.2, 0.25) is 0 Å².